The number of amides is 1. The molecule has 0 bridgehead atoms. The molecule has 0 radical (unpaired) electrons. The minimum absolute atomic E-state index is 0.0766. The number of phenolic OH excluding ortho intramolecular Hbond substituents is 1. The summed E-state index contributed by atoms with van der Waals surface area (Å²) >= 11 is 0. The molecule has 0 unspecified atom stereocenters. The molecule has 0 saturated carbocycles. The first-order chi connectivity index (χ1) is 9.08. The van der Waals surface area contributed by atoms with Gasteiger partial charge in [-0.2, -0.15) is 0 Å². The normalized spacial score (nSPS) is 11.4. The highest BCUT2D eigenvalue weighted by atomic mass is 16.5. The third-order valence-corrected chi connectivity index (χ3v) is 2.58. The van der Waals surface area contributed by atoms with Crippen molar-refractivity contribution in [2.45, 2.75) is 18.9 Å². The van der Waals surface area contributed by atoms with E-state index in [2.05, 4.69) is 16.6 Å². The second kappa shape index (κ2) is 7.20. The van der Waals surface area contributed by atoms with Crippen molar-refractivity contribution in [1.82, 2.24) is 5.32 Å². The van der Waals surface area contributed by atoms with Crippen LogP contribution in [0.15, 0.2) is 36.9 Å². The van der Waals surface area contributed by atoms with E-state index >= 15 is 0 Å². The fourth-order valence-corrected chi connectivity index (χ4v) is 1.53. The van der Waals surface area contributed by atoms with Gasteiger partial charge in [-0.1, -0.05) is 6.08 Å². The Kier molecular flexibility index (Phi) is 5.60. The van der Waals surface area contributed by atoms with Gasteiger partial charge >= 0.3 is 5.97 Å². The fraction of sp³-hybridized carbons (Fsp3) is 0.286. The molecule has 0 aromatic heterocycles. The smallest absolute Gasteiger partial charge is 0.328 e. The van der Waals surface area contributed by atoms with E-state index in [0.717, 1.165) is 0 Å². The Bertz CT molecular complexity index is 453. The highest BCUT2D eigenvalue weighted by Crippen LogP contribution is 2.10. The Balaban J connectivity index is 2.72. The van der Waals surface area contributed by atoms with Crippen molar-refractivity contribution >= 4 is 11.9 Å². The first-order valence-electron chi connectivity index (χ1n) is 5.87. The average molecular weight is 263 g/mol. The van der Waals surface area contributed by atoms with Gasteiger partial charge in [-0.05, 0) is 37.1 Å². The van der Waals surface area contributed by atoms with Crippen LogP contribution >= 0.6 is 0 Å². The number of rotatable bonds is 6. The standard InChI is InChI=1S/C14H17NO4/c1-3-4-5-12(14(18)19-2)15-13(17)10-6-8-11(16)9-7-10/h3,6-9,12,16H,1,4-5H2,2H3,(H,15,17)/t12-/m1/s1. The summed E-state index contributed by atoms with van der Waals surface area (Å²) in [6.07, 6.45) is 2.69. The van der Waals surface area contributed by atoms with Crippen LogP contribution in [0.5, 0.6) is 5.75 Å². The average Bonchev–Trinajstić information content (AvgIpc) is 2.43. The summed E-state index contributed by atoms with van der Waals surface area (Å²) in [4.78, 5) is 23.5. The second-order valence-corrected chi connectivity index (χ2v) is 3.96. The number of ether oxygens (including phenoxy) is 1. The number of nitrogens with one attached hydrogen (secondary N) is 1. The van der Waals surface area contributed by atoms with Crippen LogP contribution in [-0.4, -0.2) is 30.1 Å². The molecule has 0 aliphatic carbocycles. The van der Waals surface area contributed by atoms with E-state index in [1.54, 1.807) is 6.08 Å². The van der Waals surface area contributed by atoms with Crippen molar-refractivity contribution in [2.75, 3.05) is 7.11 Å². The Morgan fingerprint density at radius 2 is 2.05 bits per heavy atom. The molecule has 0 saturated heterocycles. The van der Waals surface area contributed by atoms with E-state index < -0.39 is 12.0 Å². The molecule has 1 rings (SSSR count). The van der Waals surface area contributed by atoms with E-state index in [0.29, 0.717) is 18.4 Å². The molecule has 0 aliphatic rings. The van der Waals surface area contributed by atoms with Crippen LogP contribution in [0.4, 0.5) is 0 Å². The van der Waals surface area contributed by atoms with Crippen molar-refractivity contribution in [2.24, 2.45) is 0 Å². The second-order valence-electron chi connectivity index (χ2n) is 3.96. The van der Waals surface area contributed by atoms with Crippen LogP contribution in [0.2, 0.25) is 0 Å². The van der Waals surface area contributed by atoms with Gasteiger partial charge in [0.15, 0.2) is 0 Å². The quantitative estimate of drug-likeness (QED) is 0.604. The monoisotopic (exact) mass is 263 g/mol. The predicted molar refractivity (Wildman–Crippen MR) is 70.8 cm³/mol. The summed E-state index contributed by atoms with van der Waals surface area (Å²) in [5, 5.41) is 11.7. The molecule has 1 atom stereocenters. The summed E-state index contributed by atoms with van der Waals surface area (Å²) in [5.41, 5.74) is 0.366. The minimum Gasteiger partial charge on any atom is -0.508 e. The van der Waals surface area contributed by atoms with Gasteiger partial charge in [0.25, 0.3) is 5.91 Å². The number of hydrogen-bond donors (Lipinski definition) is 2. The molecular formula is C14H17NO4. The lowest BCUT2D eigenvalue weighted by molar-refractivity contribution is -0.143. The van der Waals surface area contributed by atoms with Crippen LogP contribution in [0.25, 0.3) is 0 Å². The highest BCUT2D eigenvalue weighted by molar-refractivity contribution is 5.96. The molecule has 0 aliphatic heterocycles. The number of methoxy groups -OCH3 is 1. The Morgan fingerprint density at radius 3 is 2.58 bits per heavy atom. The maximum Gasteiger partial charge on any atom is 0.328 e. The molecule has 1 aromatic rings. The lowest BCUT2D eigenvalue weighted by Crippen LogP contribution is -2.41. The van der Waals surface area contributed by atoms with Gasteiger partial charge in [0, 0.05) is 5.56 Å². The van der Waals surface area contributed by atoms with Gasteiger partial charge in [-0.15, -0.1) is 6.58 Å². The van der Waals surface area contributed by atoms with Gasteiger partial charge in [0.05, 0.1) is 7.11 Å². The largest absolute Gasteiger partial charge is 0.508 e. The molecule has 102 valence electrons. The lowest BCUT2D eigenvalue weighted by Gasteiger charge is -2.15. The summed E-state index contributed by atoms with van der Waals surface area (Å²) in [6, 6.07) is 5.07. The maximum atomic E-state index is 11.9. The number of carbonyl (C=O) groups is 2. The highest BCUT2D eigenvalue weighted by Gasteiger charge is 2.21. The van der Waals surface area contributed by atoms with Gasteiger partial charge in [0.2, 0.25) is 0 Å². The Morgan fingerprint density at radius 1 is 1.42 bits per heavy atom. The van der Waals surface area contributed by atoms with Crippen LogP contribution in [0.3, 0.4) is 0 Å². The van der Waals surface area contributed by atoms with E-state index in [-0.39, 0.29) is 11.7 Å². The number of phenols is 1. The molecular weight excluding hydrogens is 246 g/mol. The minimum atomic E-state index is -0.704. The topological polar surface area (TPSA) is 75.6 Å². The first kappa shape index (κ1) is 14.8. The van der Waals surface area contributed by atoms with E-state index in [9.17, 15) is 9.59 Å². The molecule has 0 heterocycles. The third kappa shape index (κ3) is 4.46. The van der Waals surface area contributed by atoms with Crippen molar-refractivity contribution in [3.05, 3.63) is 42.5 Å². The molecule has 1 aromatic carbocycles. The molecule has 19 heavy (non-hydrogen) atoms. The van der Waals surface area contributed by atoms with Crippen LogP contribution in [0.1, 0.15) is 23.2 Å². The summed E-state index contributed by atoms with van der Waals surface area (Å²) < 4.78 is 4.64. The van der Waals surface area contributed by atoms with Gasteiger partial charge in [-0.25, -0.2) is 4.79 Å². The SMILES string of the molecule is C=CCC[C@@H](NC(=O)c1ccc(O)cc1)C(=O)OC. The van der Waals surface area contributed by atoms with E-state index in [1.807, 2.05) is 0 Å². The molecule has 1 amide bonds. The zero-order valence-corrected chi connectivity index (χ0v) is 10.8. The Labute approximate surface area is 111 Å². The Hall–Kier alpha value is -2.30. The van der Waals surface area contributed by atoms with E-state index in [1.165, 1.54) is 31.4 Å². The number of aromatic hydroxyl groups is 1. The molecule has 5 nitrogen and oxygen atoms in total. The zero-order chi connectivity index (χ0) is 14.3. The van der Waals surface area contributed by atoms with E-state index in [4.69, 9.17) is 5.11 Å². The lowest BCUT2D eigenvalue weighted by atomic mass is 10.1. The summed E-state index contributed by atoms with van der Waals surface area (Å²) in [7, 11) is 1.27. The summed E-state index contributed by atoms with van der Waals surface area (Å²) in [6.45, 7) is 3.57. The van der Waals surface area contributed by atoms with Crippen LogP contribution < -0.4 is 5.32 Å². The zero-order valence-electron chi connectivity index (χ0n) is 10.8. The number of hydrogen-bond acceptors (Lipinski definition) is 4. The third-order valence-electron chi connectivity index (χ3n) is 2.58. The van der Waals surface area contributed by atoms with Crippen molar-refractivity contribution < 1.29 is 19.4 Å². The van der Waals surface area contributed by atoms with Gasteiger partial charge in [-0.3, -0.25) is 4.79 Å². The maximum absolute atomic E-state index is 11.9. The van der Waals surface area contributed by atoms with Gasteiger partial charge in [0.1, 0.15) is 11.8 Å². The summed E-state index contributed by atoms with van der Waals surface area (Å²) in [5.74, 6) is -0.804. The molecule has 0 spiro atoms. The van der Waals surface area contributed by atoms with Gasteiger partial charge < -0.3 is 15.2 Å². The number of esters is 1. The number of benzene rings is 1. The molecule has 5 heteroatoms. The molecule has 0 fully saturated rings. The number of carbonyl (C=O) groups excluding carboxylic acids is 2. The molecule has 2 N–H and O–H groups in total. The van der Waals surface area contributed by atoms with Crippen molar-refractivity contribution in [3.8, 4) is 5.75 Å². The van der Waals surface area contributed by atoms with Crippen molar-refractivity contribution in [3.63, 3.8) is 0 Å². The first-order valence-corrected chi connectivity index (χ1v) is 5.87. The van der Waals surface area contributed by atoms with Crippen LogP contribution in [0, 0.1) is 0 Å². The fourth-order valence-electron chi connectivity index (χ4n) is 1.53. The van der Waals surface area contributed by atoms with Crippen molar-refractivity contribution in [1.29, 1.82) is 0 Å². The van der Waals surface area contributed by atoms with Crippen LogP contribution in [-0.2, 0) is 9.53 Å². The predicted octanol–water partition coefficient (Wildman–Crippen LogP) is 1.63. The number of allylic oxidation sites excluding steroid dienone is 1.